The summed E-state index contributed by atoms with van der Waals surface area (Å²) in [6, 6.07) is -0.711. The van der Waals surface area contributed by atoms with Gasteiger partial charge in [0, 0.05) is 6.42 Å². The zero-order valence-corrected chi connectivity index (χ0v) is 42.7. The normalized spacial score (nSPS) is 13.5. The average molecular weight is 898 g/mol. The topological polar surface area (TPSA) is 95.9 Å². The van der Waals surface area contributed by atoms with Crippen LogP contribution in [0.25, 0.3) is 0 Å². The van der Waals surface area contributed by atoms with Gasteiger partial charge in [-0.1, -0.05) is 243 Å². The molecule has 3 unspecified atom stereocenters. The molecule has 0 spiro atoms. The second kappa shape index (κ2) is 51.8. The molecule has 3 atom stereocenters. The molecule has 0 aromatic heterocycles. The Kier molecular flexibility index (Phi) is 50.0. The van der Waals surface area contributed by atoms with E-state index in [0.717, 1.165) is 83.5 Å². The third kappa shape index (κ3) is 46.4. The SMILES string of the molecule is CCCCC/C=C/C=C/CCCCCCCCC(=O)OC(CCCCCC/C=C/C=C/CCCCC)CC(=O)NC(CO)C(O)CCCCCCCCCCCCCCCCCCC. The number of nitrogens with one attached hydrogen (secondary N) is 1. The van der Waals surface area contributed by atoms with Crippen molar-refractivity contribution >= 4 is 11.9 Å². The van der Waals surface area contributed by atoms with Crippen LogP contribution in [0.3, 0.4) is 0 Å². The smallest absolute Gasteiger partial charge is 0.306 e. The number of carbonyl (C=O) groups excluding carboxylic acids is 2. The average Bonchev–Trinajstić information content (AvgIpc) is 3.29. The van der Waals surface area contributed by atoms with Gasteiger partial charge < -0.3 is 20.3 Å². The Morgan fingerprint density at radius 1 is 0.453 bits per heavy atom. The van der Waals surface area contributed by atoms with E-state index in [4.69, 9.17) is 4.74 Å². The van der Waals surface area contributed by atoms with Crippen LogP contribution in [0.4, 0.5) is 0 Å². The van der Waals surface area contributed by atoms with E-state index in [1.54, 1.807) is 0 Å². The van der Waals surface area contributed by atoms with Crippen molar-refractivity contribution in [2.24, 2.45) is 0 Å². The molecule has 0 radical (unpaired) electrons. The van der Waals surface area contributed by atoms with E-state index in [1.165, 1.54) is 154 Å². The van der Waals surface area contributed by atoms with Crippen LogP contribution in [0.2, 0.25) is 0 Å². The van der Waals surface area contributed by atoms with Gasteiger partial charge in [0.15, 0.2) is 0 Å². The van der Waals surface area contributed by atoms with Crippen molar-refractivity contribution < 1.29 is 24.5 Å². The molecule has 3 N–H and O–H groups in total. The van der Waals surface area contributed by atoms with Crippen molar-refractivity contribution in [1.82, 2.24) is 5.32 Å². The molecule has 374 valence electrons. The van der Waals surface area contributed by atoms with E-state index < -0.39 is 18.2 Å². The molecule has 0 bridgehead atoms. The van der Waals surface area contributed by atoms with Crippen LogP contribution in [-0.2, 0) is 14.3 Å². The predicted molar refractivity (Wildman–Crippen MR) is 278 cm³/mol. The minimum Gasteiger partial charge on any atom is -0.462 e. The number of ether oxygens (including phenoxy) is 1. The first-order chi connectivity index (χ1) is 31.5. The molecule has 0 rings (SSSR count). The van der Waals surface area contributed by atoms with Crippen molar-refractivity contribution in [2.45, 2.75) is 302 Å². The largest absolute Gasteiger partial charge is 0.462 e. The summed E-state index contributed by atoms with van der Waals surface area (Å²) in [5.74, 6) is -0.500. The quantitative estimate of drug-likeness (QED) is 0.0321. The number of carbonyl (C=O) groups is 2. The fraction of sp³-hybridized carbons (Fsp3) is 0.828. The minimum absolute atomic E-state index is 0.0600. The summed E-state index contributed by atoms with van der Waals surface area (Å²) in [7, 11) is 0. The van der Waals surface area contributed by atoms with E-state index in [1.807, 2.05) is 0 Å². The van der Waals surface area contributed by atoms with E-state index in [9.17, 15) is 19.8 Å². The van der Waals surface area contributed by atoms with Crippen LogP contribution in [0.15, 0.2) is 48.6 Å². The molecule has 0 aromatic rings. The molecule has 0 aliphatic heterocycles. The minimum atomic E-state index is -0.796. The maximum Gasteiger partial charge on any atom is 0.306 e. The second-order valence-corrected chi connectivity index (χ2v) is 19.0. The first-order valence-corrected chi connectivity index (χ1v) is 27.9. The van der Waals surface area contributed by atoms with Gasteiger partial charge in [0.1, 0.15) is 6.10 Å². The van der Waals surface area contributed by atoms with Crippen molar-refractivity contribution in [3.05, 3.63) is 48.6 Å². The number of hydrogen-bond acceptors (Lipinski definition) is 5. The molecule has 64 heavy (non-hydrogen) atoms. The summed E-state index contributed by atoms with van der Waals surface area (Å²) in [4.78, 5) is 26.2. The van der Waals surface area contributed by atoms with Crippen LogP contribution in [0.1, 0.15) is 284 Å². The van der Waals surface area contributed by atoms with Gasteiger partial charge in [-0.05, 0) is 77.0 Å². The number of aliphatic hydroxyl groups is 2. The van der Waals surface area contributed by atoms with E-state index in [-0.39, 0.29) is 24.9 Å². The first kappa shape index (κ1) is 61.8. The van der Waals surface area contributed by atoms with Crippen molar-refractivity contribution in [1.29, 1.82) is 0 Å². The summed E-state index contributed by atoms with van der Waals surface area (Å²) < 4.78 is 5.93. The lowest BCUT2D eigenvalue weighted by Crippen LogP contribution is -2.46. The highest BCUT2D eigenvalue weighted by molar-refractivity contribution is 5.77. The van der Waals surface area contributed by atoms with Gasteiger partial charge in [-0.3, -0.25) is 9.59 Å². The number of esters is 1. The third-order valence-corrected chi connectivity index (χ3v) is 12.7. The Morgan fingerprint density at radius 3 is 1.19 bits per heavy atom. The van der Waals surface area contributed by atoms with Crippen molar-refractivity contribution in [3.8, 4) is 0 Å². The second-order valence-electron chi connectivity index (χ2n) is 19.0. The van der Waals surface area contributed by atoms with Crippen molar-refractivity contribution in [2.75, 3.05) is 6.61 Å². The standard InChI is InChI=1S/C58H107NO5/c1-4-7-10-13-16-19-22-25-27-28-30-32-35-38-41-44-47-50-56(61)55(53-60)59-57(62)52-54(49-46-43-40-37-34-31-24-21-18-15-12-9-6-3)64-58(63)51-48-45-42-39-36-33-29-26-23-20-17-14-11-8-5-2/h17-18,20-21,23-24,26,31,54-56,60-61H,4-16,19,22,25,27-30,32-53H2,1-3H3,(H,59,62)/b20-17+,21-18+,26-23+,31-24+. The fourth-order valence-electron chi connectivity index (χ4n) is 8.41. The Bertz CT molecular complexity index is 1100. The molecule has 0 aromatic carbocycles. The Hall–Kier alpha value is -2.18. The molecule has 0 aliphatic carbocycles. The fourth-order valence-corrected chi connectivity index (χ4v) is 8.41. The Balaban J connectivity index is 4.54. The maximum atomic E-state index is 13.2. The monoisotopic (exact) mass is 898 g/mol. The molecule has 0 aliphatic rings. The van der Waals surface area contributed by atoms with Crippen LogP contribution >= 0.6 is 0 Å². The molecular formula is C58H107NO5. The highest BCUT2D eigenvalue weighted by atomic mass is 16.5. The number of hydrogen-bond donors (Lipinski definition) is 3. The zero-order valence-electron chi connectivity index (χ0n) is 42.7. The first-order valence-electron chi connectivity index (χ1n) is 27.9. The maximum absolute atomic E-state index is 13.2. The van der Waals surface area contributed by atoms with Crippen LogP contribution < -0.4 is 5.32 Å². The van der Waals surface area contributed by atoms with E-state index >= 15 is 0 Å². The number of allylic oxidation sites excluding steroid dienone is 8. The molecule has 0 saturated heterocycles. The summed E-state index contributed by atoms with van der Waals surface area (Å²) in [6.45, 7) is 6.44. The molecule has 0 fully saturated rings. The third-order valence-electron chi connectivity index (χ3n) is 12.7. The van der Waals surface area contributed by atoms with Crippen LogP contribution in [0.5, 0.6) is 0 Å². The molecule has 0 saturated carbocycles. The Labute approximate surface area is 397 Å². The number of rotatable bonds is 50. The van der Waals surface area contributed by atoms with E-state index in [0.29, 0.717) is 19.3 Å². The van der Waals surface area contributed by atoms with Crippen LogP contribution in [0, 0.1) is 0 Å². The molecule has 6 heteroatoms. The Morgan fingerprint density at radius 2 is 0.781 bits per heavy atom. The highest BCUT2D eigenvalue weighted by Crippen LogP contribution is 2.18. The van der Waals surface area contributed by atoms with Gasteiger partial charge in [-0.2, -0.15) is 0 Å². The highest BCUT2D eigenvalue weighted by Gasteiger charge is 2.24. The lowest BCUT2D eigenvalue weighted by molar-refractivity contribution is -0.151. The predicted octanol–water partition coefficient (Wildman–Crippen LogP) is 17.0. The molecular weight excluding hydrogens is 791 g/mol. The zero-order chi connectivity index (χ0) is 46.7. The van der Waals surface area contributed by atoms with Crippen molar-refractivity contribution in [3.63, 3.8) is 0 Å². The number of unbranched alkanes of at least 4 members (excludes halogenated alkanes) is 32. The lowest BCUT2D eigenvalue weighted by Gasteiger charge is -2.24. The van der Waals surface area contributed by atoms with Gasteiger partial charge >= 0.3 is 5.97 Å². The van der Waals surface area contributed by atoms with Gasteiger partial charge in [0.25, 0.3) is 0 Å². The van der Waals surface area contributed by atoms with Crippen LogP contribution in [-0.4, -0.2) is 46.9 Å². The summed E-state index contributed by atoms with van der Waals surface area (Å²) in [5, 5.41) is 23.9. The molecule has 6 nitrogen and oxygen atoms in total. The van der Waals surface area contributed by atoms with Gasteiger partial charge in [-0.15, -0.1) is 0 Å². The van der Waals surface area contributed by atoms with Gasteiger partial charge in [0.05, 0.1) is 25.2 Å². The number of aliphatic hydroxyl groups excluding tert-OH is 2. The van der Waals surface area contributed by atoms with E-state index in [2.05, 4.69) is 74.7 Å². The summed E-state index contributed by atoms with van der Waals surface area (Å²) in [5.41, 5.74) is 0. The summed E-state index contributed by atoms with van der Waals surface area (Å²) in [6.07, 6.45) is 63.1. The molecule has 0 heterocycles. The van der Waals surface area contributed by atoms with Gasteiger partial charge in [-0.25, -0.2) is 0 Å². The summed E-state index contributed by atoms with van der Waals surface area (Å²) >= 11 is 0. The lowest BCUT2D eigenvalue weighted by atomic mass is 10.0. The number of amides is 1. The molecule has 1 amide bonds. The van der Waals surface area contributed by atoms with Gasteiger partial charge in [0.2, 0.25) is 5.91 Å².